The van der Waals surface area contributed by atoms with Crippen molar-refractivity contribution < 1.29 is 45.6 Å². The molecule has 0 radical (unpaired) electrons. The van der Waals surface area contributed by atoms with E-state index in [4.69, 9.17) is 9.47 Å². The van der Waals surface area contributed by atoms with Gasteiger partial charge in [0.2, 0.25) is 11.5 Å². The molecule has 0 aliphatic carbocycles. The van der Waals surface area contributed by atoms with Gasteiger partial charge in [0.05, 0.1) is 30.3 Å². The first kappa shape index (κ1) is 38.0. The maximum Gasteiger partial charge on any atom is 0.349 e. The van der Waals surface area contributed by atoms with Gasteiger partial charge in [0.25, 0.3) is 0 Å². The third-order valence-corrected chi connectivity index (χ3v) is 12.0. The predicted octanol–water partition coefficient (Wildman–Crippen LogP) is 2.62. The van der Waals surface area contributed by atoms with Gasteiger partial charge in [-0.2, -0.15) is 0 Å². The third-order valence-electron chi connectivity index (χ3n) is 10.0. The molecule has 2 aromatic heterocycles. The molecule has 1 amide bonds. The number of hydrogen-bond acceptors (Lipinski definition) is 8. The van der Waals surface area contributed by atoms with Crippen LogP contribution < -0.4 is 22.3 Å². The molecule has 8 nitrogen and oxygen atoms in total. The van der Waals surface area contributed by atoms with E-state index in [0.29, 0.717) is 40.5 Å². The van der Waals surface area contributed by atoms with Gasteiger partial charge in [0.15, 0.2) is 0 Å². The number of rotatable bonds is 11. The van der Waals surface area contributed by atoms with Crippen molar-refractivity contribution in [3.63, 3.8) is 0 Å². The zero-order chi connectivity index (χ0) is 31.8. The summed E-state index contributed by atoms with van der Waals surface area (Å²) >= 11 is 2.74. The number of likely N-dealkylation sites (N-methyl/N-ethyl adjacent to an activating group) is 1. The highest BCUT2D eigenvalue weighted by atomic mass is 79.9. The minimum Gasteiger partial charge on any atom is -1.00 e. The van der Waals surface area contributed by atoms with Gasteiger partial charge in [-0.3, -0.25) is 4.79 Å². The molecule has 0 saturated carbocycles. The second-order valence-corrected chi connectivity index (χ2v) is 15.1. The van der Waals surface area contributed by atoms with Gasteiger partial charge in [-0.25, -0.2) is 4.79 Å². The smallest absolute Gasteiger partial charge is 0.349 e. The van der Waals surface area contributed by atoms with E-state index in [9.17, 15) is 14.7 Å². The van der Waals surface area contributed by atoms with Gasteiger partial charge in [-0.05, 0) is 72.4 Å². The Balaban J connectivity index is 0.000000214. The van der Waals surface area contributed by atoms with E-state index in [-0.39, 0.29) is 41.4 Å². The van der Waals surface area contributed by atoms with Crippen molar-refractivity contribution >= 4 is 52.6 Å². The summed E-state index contributed by atoms with van der Waals surface area (Å²) in [7, 11) is 4.49. The number of hydrogen-bond donors (Lipinski definition) is 2. The van der Waals surface area contributed by atoms with Crippen LogP contribution in [0.2, 0.25) is 0 Å². The third kappa shape index (κ3) is 7.67. The number of halogens is 2. The van der Waals surface area contributed by atoms with Crippen LogP contribution in [-0.4, -0.2) is 90.5 Å². The number of epoxide rings is 1. The topological polar surface area (TPSA) is 91.4 Å². The van der Waals surface area contributed by atoms with Crippen LogP contribution in [0.25, 0.3) is 0 Å². The summed E-state index contributed by atoms with van der Waals surface area (Å²) in [6.07, 6.45) is 6.04. The number of fused-ring (bicyclic) bond motifs is 6. The first-order chi connectivity index (χ1) is 21.7. The fourth-order valence-electron chi connectivity index (χ4n) is 7.63. The number of nitrogens with one attached hydrogen (secondary N) is 1. The van der Waals surface area contributed by atoms with Crippen molar-refractivity contribution in [3.8, 4) is 0 Å². The van der Waals surface area contributed by atoms with Gasteiger partial charge in [0.1, 0.15) is 30.4 Å². The van der Waals surface area contributed by atoms with Crippen molar-refractivity contribution in [2.75, 3.05) is 39.0 Å². The molecule has 3 fully saturated rings. The monoisotopic (exact) mass is 767 g/mol. The largest absolute Gasteiger partial charge is 1.00 e. The molecule has 6 heterocycles. The Bertz CT molecular complexity index is 1430. The molecule has 0 spiro atoms. The maximum absolute atomic E-state index is 13.1. The normalized spacial score (nSPS) is 24.6. The number of carbonyl (C=O) groups excluding carboxylic acids is 2. The number of morpholine rings is 1. The zero-order valence-electron chi connectivity index (χ0n) is 27.5. The molecular weight excluding hydrogens is 722 g/mol. The number of quaternary nitrogens is 1. The maximum atomic E-state index is 13.1. The van der Waals surface area contributed by atoms with E-state index in [1.165, 1.54) is 59.7 Å². The number of thiophene rings is 2. The summed E-state index contributed by atoms with van der Waals surface area (Å²) in [6, 6.07) is 14.2. The molecule has 7 rings (SSSR count). The summed E-state index contributed by atoms with van der Waals surface area (Å²) in [5.74, 6) is -0.435. The van der Waals surface area contributed by atoms with Crippen LogP contribution in [0, 0.1) is 0 Å². The van der Waals surface area contributed by atoms with E-state index in [1.807, 2.05) is 35.0 Å². The lowest BCUT2D eigenvalue weighted by Crippen LogP contribution is -3.00. The first-order valence-electron chi connectivity index (χ1n) is 16.3. The number of ether oxygens (including phenoxy) is 2. The summed E-state index contributed by atoms with van der Waals surface area (Å²) in [5.41, 5.74) is 1.83. The number of anilines is 1. The van der Waals surface area contributed by atoms with Crippen molar-refractivity contribution in [3.05, 3.63) is 74.1 Å². The Morgan fingerprint density at radius 1 is 1.00 bits per heavy atom. The number of esters is 1. The molecule has 2 bridgehead atoms. The predicted molar refractivity (Wildman–Crippen MR) is 186 cm³/mol. The zero-order valence-corrected chi connectivity index (χ0v) is 31.6. The number of nitrogens with zero attached hydrogens (tertiary/aromatic N) is 2. The van der Waals surface area contributed by atoms with E-state index in [1.54, 1.807) is 12.1 Å². The average Bonchev–Trinajstić information content (AvgIpc) is 3.43. The Hall–Kier alpha value is -1.83. The number of piperidine rings is 1. The summed E-state index contributed by atoms with van der Waals surface area (Å²) in [4.78, 5) is 28.3. The average molecular weight is 769 g/mol. The number of amides is 1. The van der Waals surface area contributed by atoms with Crippen molar-refractivity contribution in [1.82, 2.24) is 4.90 Å². The fourth-order valence-corrected chi connectivity index (χ4v) is 9.34. The molecule has 3 aromatic rings. The summed E-state index contributed by atoms with van der Waals surface area (Å²) in [6.45, 7) is 7.88. The Labute approximate surface area is 303 Å². The molecule has 4 aliphatic heterocycles. The second kappa shape index (κ2) is 15.8. The molecule has 1 aromatic carbocycles. The lowest BCUT2D eigenvalue weighted by atomic mass is 9.95. The highest BCUT2D eigenvalue weighted by Gasteiger charge is 2.71. The molecule has 3 saturated heterocycles. The Morgan fingerprint density at radius 2 is 1.60 bits per heavy atom. The number of benzene rings is 1. The standard InChI is InChI=1S/C19H22NO4S2.C16H24N2O.BrH.ClH/c1-20(2)12-9-11(10-13(20)17-16(12)24-17)23-18(21)19(22,14-5-3-7-25-14)15-6-4-8-26-15;1-3-9-18(10-4-2)11-8-13-6-5-7-15-14(13)12-16(19)17-15;;/h3-8,11-13,16-17,22H,9-10H2,1-2H3;5-7H,3-4,8-12H2,1-2H3,(H,17,19);2*1H/q+1;;;/p-1/t11?,12?,13?,16-,17+;;;. The molecule has 2 N–H and O–H groups in total. The molecule has 12 heteroatoms. The lowest BCUT2D eigenvalue weighted by Gasteiger charge is -2.45. The highest BCUT2D eigenvalue weighted by molar-refractivity contribution is 7.12. The van der Waals surface area contributed by atoms with Gasteiger partial charge in [-0.1, -0.05) is 38.1 Å². The SMILES string of the molecule is CCCN(CCC)CCc1cccc2c1CC(=O)N2.C[N+]1(C)C2CC(OC(=O)C(O)(c3cccs3)c3cccs3)CC1[C@@H]1O[C@H]21.Cl.[Br-]. The fraction of sp³-hybridized carbons (Fsp3) is 0.543. The van der Waals surface area contributed by atoms with Crippen LogP contribution in [-0.2, 0) is 37.5 Å². The Morgan fingerprint density at radius 3 is 2.13 bits per heavy atom. The van der Waals surface area contributed by atoms with Gasteiger partial charge >= 0.3 is 5.97 Å². The molecule has 4 aliphatic rings. The van der Waals surface area contributed by atoms with Crippen molar-refractivity contribution in [1.29, 1.82) is 0 Å². The van der Waals surface area contributed by atoms with Crippen LogP contribution in [0.4, 0.5) is 5.69 Å². The molecule has 258 valence electrons. The lowest BCUT2D eigenvalue weighted by molar-refractivity contribution is -0.938. The highest BCUT2D eigenvalue weighted by Crippen LogP contribution is 2.52. The summed E-state index contributed by atoms with van der Waals surface area (Å²) < 4.78 is 12.6. The minimum absolute atomic E-state index is 0. The van der Waals surface area contributed by atoms with Crippen molar-refractivity contribution in [2.24, 2.45) is 0 Å². The van der Waals surface area contributed by atoms with Gasteiger partial charge in [-0.15, -0.1) is 35.1 Å². The number of carbonyl (C=O) groups is 2. The Kier molecular flexibility index (Phi) is 12.8. The second-order valence-electron chi connectivity index (χ2n) is 13.3. The quantitative estimate of drug-likeness (QED) is 0.177. The van der Waals surface area contributed by atoms with Crippen LogP contribution in [0.3, 0.4) is 0 Å². The molecular formula is C35H47BrClN3O5S2. The minimum atomic E-state index is -1.72. The van der Waals surface area contributed by atoms with Crippen LogP contribution in [0.1, 0.15) is 60.4 Å². The van der Waals surface area contributed by atoms with E-state index >= 15 is 0 Å². The first-order valence-corrected chi connectivity index (χ1v) is 18.1. The van der Waals surface area contributed by atoms with E-state index in [2.05, 4.69) is 44.2 Å². The van der Waals surface area contributed by atoms with Gasteiger partial charge < -0.3 is 46.3 Å². The molecule has 5 atom stereocenters. The van der Waals surface area contributed by atoms with Crippen LogP contribution in [0.15, 0.2) is 53.2 Å². The number of aliphatic hydroxyl groups is 1. The van der Waals surface area contributed by atoms with E-state index in [0.717, 1.165) is 36.0 Å². The molecule has 3 unspecified atom stereocenters. The van der Waals surface area contributed by atoms with E-state index < -0.39 is 11.6 Å². The molecule has 47 heavy (non-hydrogen) atoms. The van der Waals surface area contributed by atoms with Crippen LogP contribution in [0.5, 0.6) is 0 Å². The summed E-state index contributed by atoms with van der Waals surface area (Å²) in [5, 5.41) is 18.0. The van der Waals surface area contributed by atoms with Gasteiger partial charge in [0, 0.05) is 25.1 Å². The van der Waals surface area contributed by atoms with Crippen molar-refractivity contribution in [2.45, 2.75) is 88.4 Å². The van der Waals surface area contributed by atoms with Crippen LogP contribution >= 0.6 is 35.1 Å².